The molecule has 0 amide bonds. The SMILES string of the molecule is c1ccc(-c2ccc(-c3ccc(Cc4ccc5oc6cccc(CCc7nc(-c8ccccc8)nc(-c8ccccc8)n7)c6c5c4)cc3)cc2)cc1. The largest absolute Gasteiger partial charge is 0.456 e. The number of aryl methyl sites for hydroxylation is 2. The van der Waals surface area contributed by atoms with Crippen molar-refractivity contribution in [1.29, 1.82) is 0 Å². The zero-order valence-electron chi connectivity index (χ0n) is 28.6. The molecule has 0 saturated carbocycles. The standard InChI is InChI=1S/C48H35N3O/c1-4-11-35(12-5-1)37-24-26-38(27-25-37)36-22-19-33(20-23-36)31-34-21-29-43-42(32-34)46-39(17-10-18-44(46)52-43)28-30-45-49-47(40-13-6-2-7-14-40)51-48(50-45)41-15-8-3-9-16-41/h1-27,29,32H,28,30-31H2. The van der Waals surface area contributed by atoms with Gasteiger partial charge in [0.15, 0.2) is 11.6 Å². The van der Waals surface area contributed by atoms with Crippen LogP contribution < -0.4 is 0 Å². The fraction of sp³-hybridized carbons (Fsp3) is 0.0625. The highest BCUT2D eigenvalue weighted by atomic mass is 16.3. The molecule has 0 aliphatic carbocycles. The molecule has 9 rings (SSSR count). The van der Waals surface area contributed by atoms with Crippen LogP contribution in [0.2, 0.25) is 0 Å². The third-order valence-corrected chi connectivity index (χ3v) is 9.70. The molecular weight excluding hydrogens is 635 g/mol. The van der Waals surface area contributed by atoms with Crippen LogP contribution in [0.15, 0.2) is 180 Å². The first-order valence-corrected chi connectivity index (χ1v) is 17.8. The van der Waals surface area contributed by atoms with Crippen molar-refractivity contribution in [3.8, 4) is 45.0 Å². The van der Waals surface area contributed by atoms with E-state index in [-0.39, 0.29) is 0 Å². The average molecular weight is 670 g/mol. The van der Waals surface area contributed by atoms with E-state index in [2.05, 4.69) is 115 Å². The van der Waals surface area contributed by atoms with Crippen LogP contribution in [0.3, 0.4) is 0 Å². The fourth-order valence-electron chi connectivity index (χ4n) is 7.01. The van der Waals surface area contributed by atoms with Crippen LogP contribution in [0.25, 0.3) is 67.0 Å². The second kappa shape index (κ2) is 13.9. The maximum atomic E-state index is 6.36. The summed E-state index contributed by atoms with van der Waals surface area (Å²) < 4.78 is 6.36. The van der Waals surface area contributed by atoms with Gasteiger partial charge < -0.3 is 4.42 Å². The molecule has 2 heterocycles. The summed E-state index contributed by atoms with van der Waals surface area (Å²) >= 11 is 0. The van der Waals surface area contributed by atoms with Gasteiger partial charge in [0.25, 0.3) is 0 Å². The first-order valence-electron chi connectivity index (χ1n) is 17.8. The molecule has 0 bridgehead atoms. The van der Waals surface area contributed by atoms with Crippen molar-refractivity contribution < 1.29 is 4.42 Å². The minimum atomic E-state index is 0.676. The molecule has 7 aromatic carbocycles. The van der Waals surface area contributed by atoms with Crippen LogP contribution in [0.5, 0.6) is 0 Å². The number of furan rings is 1. The molecule has 9 aromatic rings. The number of benzene rings is 7. The second-order valence-corrected chi connectivity index (χ2v) is 13.2. The number of fused-ring (bicyclic) bond motifs is 3. The molecule has 2 aromatic heterocycles. The zero-order chi connectivity index (χ0) is 34.7. The molecular formula is C48H35N3O. The molecule has 248 valence electrons. The Morgan fingerprint density at radius 1 is 0.385 bits per heavy atom. The van der Waals surface area contributed by atoms with Crippen molar-refractivity contribution in [1.82, 2.24) is 15.0 Å². The maximum Gasteiger partial charge on any atom is 0.163 e. The first-order chi connectivity index (χ1) is 25.7. The van der Waals surface area contributed by atoms with Gasteiger partial charge in [0.2, 0.25) is 0 Å². The van der Waals surface area contributed by atoms with Gasteiger partial charge in [-0.1, -0.05) is 158 Å². The van der Waals surface area contributed by atoms with Crippen molar-refractivity contribution in [3.63, 3.8) is 0 Å². The van der Waals surface area contributed by atoms with Crippen molar-refractivity contribution in [2.75, 3.05) is 0 Å². The van der Waals surface area contributed by atoms with Crippen LogP contribution in [0.1, 0.15) is 22.5 Å². The molecule has 0 aliphatic heterocycles. The summed E-state index contributed by atoms with van der Waals surface area (Å²) in [5.41, 5.74) is 12.4. The molecule has 0 spiro atoms. The lowest BCUT2D eigenvalue weighted by Crippen LogP contribution is -2.04. The Morgan fingerprint density at radius 3 is 1.50 bits per heavy atom. The highest BCUT2D eigenvalue weighted by Crippen LogP contribution is 2.34. The van der Waals surface area contributed by atoms with Gasteiger partial charge >= 0.3 is 0 Å². The highest BCUT2D eigenvalue weighted by Gasteiger charge is 2.15. The Bertz CT molecular complexity index is 2560. The van der Waals surface area contributed by atoms with Crippen LogP contribution in [-0.2, 0) is 19.3 Å². The van der Waals surface area contributed by atoms with Crippen LogP contribution in [-0.4, -0.2) is 15.0 Å². The summed E-state index contributed by atoms with van der Waals surface area (Å²) in [5, 5.41) is 2.30. The summed E-state index contributed by atoms with van der Waals surface area (Å²) in [7, 11) is 0. The van der Waals surface area contributed by atoms with Gasteiger partial charge in [-0.3, -0.25) is 0 Å². The minimum absolute atomic E-state index is 0.676. The van der Waals surface area contributed by atoms with Gasteiger partial charge in [0, 0.05) is 28.3 Å². The summed E-state index contributed by atoms with van der Waals surface area (Å²) in [5.74, 6) is 2.15. The molecule has 4 nitrogen and oxygen atoms in total. The molecule has 0 N–H and O–H groups in total. The maximum absolute atomic E-state index is 6.36. The summed E-state index contributed by atoms with van der Waals surface area (Å²) in [4.78, 5) is 14.7. The molecule has 0 fully saturated rings. The Morgan fingerprint density at radius 2 is 0.904 bits per heavy atom. The van der Waals surface area contributed by atoms with E-state index in [0.717, 1.165) is 51.7 Å². The van der Waals surface area contributed by atoms with E-state index in [4.69, 9.17) is 19.4 Å². The average Bonchev–Trinajstić information content (AvgIpc) is 3.60. The van der Waals surface area contributed by atoms with Gasteiger partial charge in [-0.25, -0.2) is 15.0 Å². The molecule has 4 heteroatoms. The van der Waals surface area contributed by atoms with E-state index in [0.29, 0.717) is 18.1 Å². The summed E-state index contributed by atoms with van der Waals surface area (Å²) in [6.45, 7) is 0. The fourth-order valence-corrected chi connectivity index (χ4v) is 7.01. The van der Waals surface area contributed by atoms with E-state index in [1.807, 2.05) is 60.7 Å². The van der Waals surface area contributed by atoms with E-state index in [9.17, 15) is 0 Å². The van der Waals surface area contributed by atoms with E-state index in [1.54, 1.807) is 0 Å². The molecule has 0 atom stereocenters. The van der Waals surface area contributed by atoms with Crippen molar-refractivity contribution >= 4 is 21.9 Å². The quantitative estimate of drug-likeness (QED) is 0.153. The number of hydrogen-bond acceptors (Lipinski definition) is 4. The number of hydrogen-bond donors (Lipinski definition) is 0. The second-order valence-electron chi connectivity index (χ2n) is 13.2. The Hall–Kier alpha value is -6.65. The Balaban J connectivity index is 0.970. The van der Waals surface area contributed by atoms with Gasteiger partial charge in [0.1, 0.15) is 17.0 Å². The molecule has 52 heavy (non-hydrogen) atoms. The first kappa shape index (κ1) is 31.3. The molecule has 0 saturated heterocycles. The highest BCUT2D eigenvalue weighted by molar-refractivity contribution is 6.07. The van der Waals surface area contributed by atoms with Gasteiger partial charge in [0.05, 0.1) is 0 Å². The third kappa shape index (κ3) is 6.50. The molecule has 0 radical (unpaired) electrons. The Kier molecular flexibility index (Phi) is 8.40. The predicted octanol–water partition coefficient (Wildman–Crippen LogP) is 11.8. The lowest BCUT2D eigenvalue weighted by molar-refractivity contribution is 0.668. The van der Waals surface area contributed by atoms with Crippen molar-refractivity contribution in [2.24, 2.45) is 0 Å². The number of aromatic nitrogens is 3. The normalized spacial score (nSPS) is 11.3. The lowest BCUT2D eigenvalue weighted by atomic mass is 9.97. The van der Waals surface area contributed by atoms with E-state index >= 15 is 0 Å². The summed E-state index contributed by atoms with van der Waals surface area (Å²) in [6, 6.07) is 61.4. The number of rotatable bonds is 9. The smallest absolute Gasteiger partial charge is 0.163 e. The van der Waals surface area contributed by atoms with E-state index < -0.39 is 0 Å². The molecule has 0 unspecified atom stereocenters. The Labute approximate surface area is 303 Å². The van der Waals surface area contributed by atoms with Crippen LogP contribution in [0, 0.1) is 0 Å². The van der Waals surface area contributed by atoms with Crippen molar-refractivity contribution in [2.45, 2.75) is 19.3 Å². The van der Waals surface area contributed by atoms with Crippen LogP contribution in [0.4, 0.5) is 0 Å². The monoisotopic (exact) mass is 669 g/mol. The van der Waals surface area contributed by atoms with Crippen LogP contribution >= 0.6 is 0 Å². The lowest BCUT2D eigenvalue weighted by Gasteiger charge is -2.09. The van der Waals surface area contributed by atoms with Gasteiger partial charge in [-0.05, 0) is 70.0 Å². The predicted molar refractivity (Wildman–Crippen MR) is 212 cm³/mol. The number of nitrogens with zero attached hydrogens (tertiary/aromatic N) is 3. The summed E-state index contributed by atoms with van der Waals surface area (Å²) in [6.07, 6.45) is 2.29. The molecule has 0 aliphatic rings. The topological polar surface area (TPSA) is 51.8 Å². The van der Waals surface area contributed by atoms with Gasteiger partial charge in [-0.2, -0.15) is 0 Å². The van der Waals surface area contributed by atoms with Gasteiger partial charge in [-0.15, -0.1) is 0 Å². The van der Waals surface area contributed by atoms with E-state index in [1.165, 1.54) is 38.9 Å². The zero-order valence-corrected chi connectivity index (χ0v) is 28.6. The third-order valence-electron chi connectivity index (χ3n) is 9.70. The minimum Gasteiger partial charge on any atom is -0.456 e. The van der Waals surface area contributed by atoms with Crippen molar-refractivity contribution in [3.05, 3.63) is 198 Å².